The first kappa shape index (κ1) is 10.7. The molecule has 2 rings (SSSR count). The quantitative estimate of drug-likeness (QED) is 0.717. The van der Waals surface area contributed by atoms with Gasteiger partial charge in [0.1, 0.15) is 0 Å². The summed E-state index contributed by atoms with van der Waals surface area (Å²) in [4.78, 5) is 0. The summed E-state index contributed by atoms with van der Waals surface area (Å²) < 4.78 is 0. The van der Waals surface area contributed by atoms with Crippen LogP contribution in [0, 0.1) is 18.3 Å². The van der Waals surface area contributed by atoms with Crippen LogP contribution >= 0.6 is 11.6 Å². The van der Waals surface area contributed by atoms with Gasteiger partial charge in [-0.3, -0.25) is 0 Å². The van der Waals surface area contributed by atoms with Gasteiger partial charge in [0.25, 0.3) is 0 Å². The molecule has 0 unspecified atom stereocenters. The van der Waals surface area contributed by atoms with Crippen LogP contribution in [0.25, 0.3) is 11.1 Å². The first-order valence-corrected chi connectivity index (χ1v) is 5.36. The average molecular weight is 228 g/mol. The zero-order chi connectivity index (χ0) is 11.5. The highest BCUT2D eigenvalue weighted by atomic mass is 35.5. The minimum Gasteiger partial charge on any atom is -0.192 e. The van der Waals surface area contributed by atoms with Gasteiger partial charge in [0.2, 0.25) is 0 Å². The Balaban J connectivity index is 2.55. The minimum absolute atomic E-state index is 0.704. The maximum absolute atomic E-state index is 8.86. The smallest absolute Gasteiger partial charge is 0.0994 e. The fraction of sp³-hybridized carbons (Fsp3) is 0.0714. The second-order valence-corrected chi connectivity index (χ2v) is 4.03. The van der Waals surface area contributed by atoms with Gasteiger partial charge >= 0.3 is 0 Å². The van der Waals surface area contributed by atoms with Crippen molar-refractivity contribution in [2.24, 2.45) is 0 Å². The van der Waals surface area contributed by atoms with Crippen LogP contribution in [0.5, 0.6) is 0 Å². The first-order valence-electron chi connectivity index (χ1n) is 4.98. The molecule has 2 aromatic carbocycles. The molecule has 0 aliphatic heterocycles. The van der Waals surface area contributed by atoms with E-state index >= 15 is 0 Å². The minimum atomic E-state index is 0.704. The van der Waals surface area contributed by atoms with E-state index in [1.54, 1.807) is 0 Å². The van der Waals surface area contributed by atoms with Crippen LogP contribution in [0.15, 0.2) is 42.5 Å². The number of nitriles is 1. The Labute approximate surface area is 99.9 Å². The van der Waals surface area contributed by atoms with Crippen LogP contribution in [0.1, 0.15) is 11.1 Å². The van der Waals surface area contributed by atoms with Crippen molar-refractivity contribution < 1.29 is 0 Å². The zero-order valence-electron chi connectivity index (χ0n) is 8.87. The second-order valence-electron chi connectivity index (χ2n) is 3.62. The molecule has 0 aliphatic rings. The van der Waals surface area contributed by atoms with E-state index in [1.807, 2.05) is 49.4 Å². The van der Waals surface area contributed by atoms with Crippen molar-refractivity contribution in [1.82, 2.24) is 0 Å². The van der Waals surface area contributed by atoms with Crippen LogP contribution < -0.4 is 0 Å². The summed E-state index contributed by atoms with van der Waals surface area (Å²) in [5.41, 5.74) is 3.72. The molecular weight excluding hydrogens is 218 g/mol. The van der Waals surface area contributed by atoms with Crippen LogP contribution in [0.2, 0.25) is 5.02 Å². The average Bonchev–Trinajstić information content (AvgIpc) is 2.29. The molecule has 0 radical (unpaired) electrons. The van der Waals surface area contributed by atoms with E-state index in [2.05, 4.69) is 6.07 Å². The normalized spacial score (nSPS) is 9.81. The fourth-order valence-electron chi connectivity index (χ4n) is 1.65. The van der Waals surface area contributed by atoms with E-state index in [0.717, 1.165) is 21.7 Å². The molecule has 0 N–H and O–H groups in total. The summed E-state index contributed by atoms with van der Waals surface area (Å²) in [6.45, 7) is 1.93. The standard InChI is InChI=1S/C14H10ClN/c1-10-8-11(6-7-12(10)9-16)13-4-2-3-5-14(13)15/h2-8H,1H3. The topological polar surface area (TPSA) is 23.8 Å². The monoisotopic (exact) mass is 227 g/mol. The molecule has 16 heavy (non-hydrogen) atoms. The number of rotatable bonds is 1. The van der Waals surface area contributed by atoms with Crippen molar-refractivity contribution in [3.05, 3.63) is 58.6 Å². The molecule has 0 amide bonds. The van der Waals surface area contributed by atoms with Crippen molar-refractivity contribution in [2.75, 3.05) is 0 Å². The number of benzene rings is 2. The lowest BCUT2D eigenvalue weighted by atomic mass is 10.0. The number of hydrogen-bond acceptors (Lipinski definition) is 1. The van der Waals surface area contributed by atoms with E-state index in [4.69, 9.17) is 16.9 Å². The van der Waals surface area contributed by atoms with Crippen molar-refractivity contribution in [2.45, 2.75) is 6.92 Å². The predicted octanol–water partition coefficient (Wildman–Crippen LogP) is 4.19. The first-order chi connectivity index (χ1) is 7.72. The zero-order valence-corrected chi connectivity index (χ0v) is 9.62. The highest BCUT2D eigenvalue weighted by Crippen LogP contribution is 2.28. The van der Waals surface area contributed by atoms with Gasteiger partial charge in [0.05, 0.1) is 11.6 Å². The Hall–Kier alpha value is -1.78. The maximum Gasteiger partial charge on any atom is 0.0994 e. The van der Waals surface area contributed by atoms with Crippen LogP contribution in [0.3, 0.4) is 0 Å². The summed E-state index contributed by atoms with van der Waals surface area (Å²) in [6.07, 6.45) is 0. The fourth-order valence-corrected chi connectivity index (χ4v) is 1.90. The van der Waals surface area contributed by atoms with Crippen LogP contribution in [0.4, 0.5) is 0 Å². The lowest BCUT2D eigenvalue weighted by Gasteiger charge is -2.06. The molecule has 1 nitrogen and oxygen atoms in total. The summed E-state index contributed by atoms with van der Waals surface area (Å²) in [5.74, 6) is 0. The summed E-state index contributed by atoms with van der Waals surface area (Å²) >= 11 is 6.12. The number of hydrogen-bond donors (Lipinski definition) is 0. The Morgan fingerprint density at radius 1 is 1.12 bits per heavy atom. The Kier molecular flexibility index (Phi) is 2.94. The van der Waals surface area contributed by atoms with Crippen molar-refractivity contribution >= 4 is 11.6 Å². The molecule has 0 aliphatic carbocycles. The molecule has 0 bridgehead atoms. The van der Waals surface area contributed by atoms with Gasteiger partial charge in [0.15, 0.2) is 0 Å². The molecule has 0 aromatic heterocycles. The van der Waals surface area contributed by atoms with Gasteiger partial charge in [-0.05, 0) is 30.2 Å². The highest BCUT2D eigenvalue weighted by molar-refractivity contribution is 6.33. The van der Waals surface area contributed by atoms with Gasteiger partial charge < -0.3 is 0 Å². The highest BCUT2D eigenvalue weighted by Gasteiger charge is 2.04. The summed E-state index contributed by atoms with van der Waals surface area (Å²) in [6, 6.07) is 15.6. The molecule has 0 atom stereocenters. The molecular formula is C14H10ClN. The third-order valence-corrected chi connectivity index (χ3v) is 2.86. The third kappa shape index (κ3) is 1.93. The molecule has 0 heterocycles. The summed E-state index contributed by atoms with van der Waals surface area (Å²) in [5, 5.41) is 9.59. The second kappa shape index (κ2) is 4.38. The number of halogens is 1. The van der Waals surface area contributed by atoms with Crippen LogP contribution in [-0.2, 0) is 0 Å². The van der Waals surface area contributed by atoms with Gasteiger partial charge in [-0.25, -0.2) is 0 Å². The van der Waals surface area contributed by atoms with Gasteiger partial charge in [-0.15, -0.1) is 0 Å². The van der Waals surface area contributed by atoms with E-state index in [9.17, 15) is 0 Å². The van der Waals surface area contributed by atoms with Crippen molar-refractivity contribution in [1.29, 1.82) is 5.26 Å². The number of nitrogens with zero attached hydrogens (tertiary/aromatic N) is 1. The Morgan fingerprint density at radius 3 is 2.50 bits per heavy atom. The van der Waals surface area contributed by atoms with Gasteiger partial charge in [-0.1, -0.05) is 41.9 Å². The largest absolute Gasteiger partial charge is 0.192 e. The Morgan fingerprint density at radius 2 is 1.88 bits per heavy atom. The van der Waals surface area contributed by atoms with E-state index < -0.39 is 0 Å². The van der Waals surface area contributed by atoms with Gasteiger partial charge in [-0.2, -0.15) is 5.26 Å². The van der Waals surface area contributed by atoms with E-state index in [0.29, 0.717) is 5.56 Å². The molecule has 2 aromatic rings. The van der Waals surface area contributed by atoms with E-state index in [1.165, 1.54) is 0 Å². The molecule has 0 spiro atoms. The third-order valence-electron chi connectivity index (χ3n) is 2.53. The molecule has 0 saturated heterocycles. The lowest BCUT2D eigenvalue weighted by Crippen LogP contribution is -1.85. The van der Waals surface area contributed by atoms with Crippen molar-refractivity contribution in [3.8, 4) is 17.2 Å². The lowest BCUT2D eigenvalue weighted by molar-refractivity contribution is 1.39. The summed E-state index contributed by atoms with van der Waals surface area (Å²) in [7, 11) is 0. The SMILES string of the molecule is Cc1cc(-c2ccccc2Cl)ccc1C#N. The molecule has 78 valence electrons. The maximum atomic E-state index is 8.86. The molecule has 0 fully saturated rings. The van der Waals surface area contributed by atoms with Crippen LogP contribution in [-0.4, -0.2) is 0 Å². The van der Waals surface area contributed by atoms with Crippen molar-refractivity contribution in [3.63, 3.8) is 0 Å². The number of aryl methyl sites for hydroxylation is 1. The Bertz CT molecular complexity index is 567. The molecule has 0 saturated carbocycles. The van der Waals surface area contributed by atoms with E-state index in [-0.39, 0.29) is 0 Å². The van der Waals surface area contributed by atoms with Gasteiger partial charge in [0, 0.05) is 10.6 Å². The molecule has 2 heteroatoms. The predicted molar refractivity (Wildman–Crippen MR) is 66.3 cm³/mol.